The van der Waals surface area contributed by atoms with Crippen molar-refractivity contribution in [2.45, 2.75) is 0 Å². The number of nitrogens with two attached hydrogens (primary N) is 1. The van der Waals surface area contributed by atoms with Gasteiger partial charge in [0.25, 0.3) is 11.2 Å². The van der Waals surface area contributed by atoms with E-state index >= 15 is 0 Å². The number of aromatic nitrogens is 4. The molecule has 0 radical (unpaired) electrons. The summed E-state index contributed by atoms with van der Waals surface area (Å²) in [6, 6.07) is 0. The van der Waals surface area contributed by atoms with E-state index in [0.29, 0.717) is 4.73 Å². The number of imidazole rings is 1. The monoisotopic (exact) mass is 203 g/mol. The highest BCUT2D eigenvalue weighted by Crippen LogP contribution is 1.97. The standard InChI is InChI=1S/C5H5N5O2.ClH/c6-5-8-3-2(4(11)9-5)10(12)1-7-3;/h1H,(H4,6,7,8,9,11);1H. The average Bonchev–Trinajstić information content (AvgIpc) is 2.31. The quantitative estimate of drug-likeness (QED) is 0.372. The first-order valence-electron chi connectivity index (χ1n) is 3.14. The van der Waals surface area contributed by atoms with Crippen LogP contribution in [0.15, 0.2) is 11.1 Å². The van der Waals surface area contributed by atoms with Gasteiger partial charge in [0.2, 0.25) is 12.3 Å². The Hall–Kier alpha value is -1.76. The van der Waals surface area contributed by atoms with E-state index in [0.717, 1.165) is 6.33 Å². The van der Waals surface area contributed by atoms with Gasteiger partial charge in [-0.25, -0.2) is 9.71 Å². The van der Waals surface area contributed by atoms with Crippen molar-refractivity contribution in [2.75, 3.05) is 5.73 Å². The number of anilines is 1. The van der Waals surface area contributed by atoms with Crippen LogP contribution in [0.1, 0.15) is 0 Å². The molecule has 2 rings (SSSR count). The molecule has 2 heterocycles. The minimum atomic E-state index is -0.547. The Balaban J connectivity index is 0.000000845. The number of rotatable bonds is 0. The summed E-state index contributed by atoms with van der Waals surface area (Å²) in [4.78, 5) is 19.5. The van der Waals surface area contributed by atoms with Crippen molar-refractivity contribution in [2.24, 2.45) is 0 Å². The molecular formula is C5H6ClN5O2. The molecule has 13 heavy (non-hydrogen) atoms. The fourth-order valence-corrected chi connectivity index (χ4v) is 0.974. The number of hydrogen-bond donors (Lipinski definition) is 3. The van der Waals surface area contributed by atoms with Gasteiger partial charge in [0.15, 0.2) is 0 Å². The van der Waals surface area contributed by atoms with Crippen LogP contribution in [0.4, 0.5) is 5.95 Å². The smallest absolute Gasteiger partial charge is 0.304 e. The molecular weight excluding hydrogens is 198 g/mol. The van der Waals surface area contributed by atoms with E-state index in [1.807, 2.05) is 0 Å². The number of H-pyrrole nitrogens is 2. The van der Waals surface area contributed by atoms with Gasteiger partial charge >= 0.3 is 5.56 Å². The van der Waals surface area contributed by atoms with Gasteiger partial charge in [0.1, 0.15) is 0 Å². The van der Waals surface area contributed by atoms with E-state index in [1.165, 1.54) is 0 Å². The van der Waals surface area contributed by atoms with Crippen molar-refractivity contribution in [1.29, 1.82) is 0 Å². The van der Waals surface area contributed by atoms with Crippen molar-refractivity contribution in [1.82, 2.24) is 15.0 Å². The molecule has 2 aromatic rings. The molecule has 2 aromatic heterocycles. The summed E-state index contributed by atoms with van der Waals surface area (Å²) < 4.78 is 0.403. The van der Waals surface area contributed by atoms with Crippen molar-refractivity contribution < 1.29 is 4.73 Å². The molecule has 0 aromatic carbocycles. The first kappa shape index (κ1) is 9.33. The maximum Gasteiger partial charge on any atom is 0.304 e. The zero-order chi connectivity index (χ0) is 8.72. The topological polar surface area (TPSA) is 114 Å². The van der Waals surface area contributed by atoms with E-state index in [9.17, 15) is 10.0 Å². The lowest BCUT2D eigenvalue weighted by molar-refractivity contribution is -0.577. The summed E-state index contributed by atoms with van der Waals surface area (Å²) in [6.45, 7) is 0. The van der Waals surface area contributed by atoms with Crippen LogP contribution in [0.2, 0.25) is 0 Å². The number of nitrogens with one attached hydrogen (secondary N) is 2. The molecule has 7 nitrogen and oxygen atoms in total. The molecule has 0 amide bonds. The third-order valence-corrected chi connectivity index (χ3v) is 1.45. The SMILES string of the molecule is Cl.Nc1nc2[nH]c[n+]([O-])c2c(=O)[nH]1. The number of hydrogen-bond acceptors (Lipinski definition) is 4. The third-order valence-electron chi connectivity index (χ3n) is 1.45. The van der Waals surface area contributed by atoms with Gasteiger partial charge in [-0.15, -0.1) is 12.4 Å². The third kappa shape index (κ3) is 1.29. The maximum absolute atomic E-state index is 11.1. The second kappa shape index (κ2) is 2.94. The lowest BCUT2D eigenvalue weighted by atomic mass is 10.5. The van der Waals surface area contributed by atoms with Crippen molar-refractivity contribution >= 4 is 29.5 Å². The van der Waals surface area contributed by atoms with Crippen LogP contribution in [0.5, 0.6) is 0 Å². The van der Waals surface area contributed by atoms with E-state index in [2.05, 4.69) is 15.0 Å². The number of fused-ring (bicyclic) bond motifs is 1. The van der Waals surface area contributed by atoms with Gasteiger partial charge in [0, 0.05) is 0 Å². The summed E-state index contributed by atoms with van der Waals surface area (Å²) in [5.41, 5.74) is 4.81. The summed E-state index contributed by atoms with van der Waals surface area (Å²) in [7, 11) is 0. The predicted octanol–water partition coefficient (Wildman–Crippen LogP) is -1.11. The van der Waals surface area contributed by atoms with Crippen LogP contribution in [0, 0.1) is 5.21 Å². The second-order valence-electron chi connectivity index (χ2n) is 2.25. The highest BCUT2D eigenvalue weighted by atomic mass is 35.5. The number of aromatic amines is 2. The summed E-state index contributed by atoms with van der Waals surface area (Å²) in [5, 5.41) is 10.9. The van der Waals surface area contributed by atoms with Gasteiger partial charge in [-0.2, -0.15) is 4.98 Å². The van der Waals surface area contributed by atoms with Crippen molar-refractivity contribution in [3.8, 4) is 0 Å². The maximum atomic E-state index is 11.1. The molecule has 0 saturated carbocycles. The fourth-order valence-electron chi connectivity index (χ4n) is 0.974. The Morgan fingerprint density at radius 2 is 2.31 bits per heavy atom. The highest BCUT2D eigenvalue weighted by Gasteiger charge is 2.10. The predicted molar refractivity (Wildman–Crippen MR) is 47.3 cm³/mol. The average molecular weight is 204 g/mol. The van der Waals surface area contributed by atoms with Gasteiger partial charge < -0.3 is 10.9 Å². The second-order valence-corrected chi connectivity index (χ2v) is 2.25. The van der Waals surface area contributed by atoms with E-state index in [-0.39, 0.29) is 29.5 Å². The molecule has 0 fully saturated rings. The van der Waals surface area contributed by atoms with Gasteiger partial charge in [-0.1, -0.05) is 0 Å². The number of halogens is 1. The normalized spacial score (nSPS) is 9.85. The number of nitrogen functional groups attached to an aromatic ring is 1. The Bertz CT molecular complexity index is 489. The Morgan fingerprint density at radius 1 is 1.62 bits per heavy atom. The molecule has 0 aliphatic rings. The fraction of sp³-hybridized carbons (Fsp3) is 0. The van der Waals surface area contributed by atoms with E-state index in [1.54, 1.807) is 0 Å². The first-order valence-corrected chi connectivity index (χ1v) is 3.14. The van der Waals surface area contributed by atoms with E-state index < -0.39 is 5.56 Å². The van der Waals surface area contributed by atoms with Gasteiger partial charge in [-0.05, 0) is 0 Å². The minimum Gasteiger partial charge on any atom is -0.710 e. The number of nitrogens with zero attached hydrogens (tertiary/aromatic N) is 2. The molecule has 0 aliphatic heterocycles. The van der Waals surface area contributed by atoms with Crippen molar-refractivity contribution in [3.63, 3.8) is 0 Å². The Kier molecular flexibility index (Phi) is 2.11. The molecule has 8 heteroatoms. The first-order chi connectivity index (χ1) is 5.68. The Labute approximate surface area is 77.6 Å². The van der Waals surface area contributed by atoms with Crippen molar-refractivity contribution in [3.05, 3.63) is 21.9 Å². The van der Waals surface area contributed by atoms with Crippen LogP contribution in [0.25, 0.3) is 11.2 Å². The highest BCUT2D eigenvalue weighted by molar-refractivity contribution is 5.85. The zero-order valence-corrected chi connectivity index (χ0v) is 7.09. The minimum absolute atomic E-state index is 0. The van der Waals surface area contributed by atoms with Crippen LogP contribution in [0.3, 0.4) is 0 Å². The van der Waals surface area contributed by atoms with Crippen LogP contribution < -0.4 is 16.0 Å². The van der Waals surface area contributed by atoms with E-state index in [4.69, 9.17) is 5.73 Å². The molecule has 70 valence electrons. The molecule has 0 saturated heterocycles. The molecule has 0 atom stereocenters. The summed E-state index contributed by atoms with van der Waals surface area (Å²) >= 11 is 0. The van der Waals surface area contributed by atoms with Gasteiger partial charge in [0.05, 0.1) is 0 Å². The lowest BCUT2D eigenvalue weighted by Crippen LogP contribution is -2.29. The van der Waals surface area contributed by atoms with Crippen LogP contribution in [-0.2, 0) is 0 Å². The van der Waals surface area contributed by atoms with Crippen LogP contribution >= 0.6 is 12.4 Å². The Morgan fingerprint density at radius 3 is 3.00 bits per heavy atom. The van der Waals surface area contributed by atoms with Crippen LogP contribution in [-0.4, -0.2) is 15.0 Å². The molecule has 4 N–H and O–H groups in total. The molecule has 0 bridgehead atoms. The summed E-state index contributed by atoms with van der Waals surface area (Å²) in [5.74, 6) is -0.0186. The summed E-state index contributed by atoms with van der Waals surface area (Å²) in [6.07, 6.45) is 1.09. The molecule has 0 spiro atoms. The lowest BCUT2D eigenvalue weighted by Gasteiger charge is -1.94. The molecule has 0 aliphatic carbocycles. The largest absolute Gasteiger partial charge is 0.710 e. The zero-order valence-electron chi connectivity index (χ0n) is 6.27. The molecule has 0 unspecified atom stereocenters. The van der Waals surface area contributed by atoms with Gasteiger partial charge in [-0.3, -0.25) is 9.78 Å².